The molecule has 0 aliphatic carbocycles. The maximum atomic E-state index is 14.0. The van der Waals surface area contributed by atoms with Gasteiger partial charge in [-0.05, 0) is 34.1 Å². The molecule has 2 aromatic carbocycles. The highest BCUT2D eigenvalue weighted by atomic mass is 79.9. The van der Waals surface area contributed by atoms with E-state index in [0.717, 1.165) is 0 Å². The summed E-state index contributed by atoms with van der Waals surface area (Å²) in [5.74, 6) is -1.19. The van der Waals surface area contributed by atoms with E-state index in [1.807, 2.05) is 6.07 Å². The molecular formula is C13H6BrF2N. The van der Waals surface area contributed by atoms with E-state index >= 15 is 0 Å². The van der Waals surface area contributed by atoms with Crippen LogP contribution in [0.1, 0.15) is 5.56 Å². The van der Waals surface area contributed by atoms with Gasteiger partial charge in [0, 0.05) is 11.1 Å². The molecule has 0 N–H and O–H groups in total. The minimum Gasteiger partial charge on any atom is -0.206 e. The number of rotatable bonds is 1. The SMILES string of the molecule is N#Cc1ccc(Br)c(F)c1-c1ccccc1F. The molecule has 0 aromatic heterocycles. The fourth-order valence-electron chi connectivity index (χ4n) is 1.57. The Morgan fingerprint density at radius 3 is 2.41 bits per heavy atom. The van der Waals surface area contributed by atoms with Gasteiger partial charge >= 0.3 is 0 Å². The van der Waals surface area contributed by atoms with Crippen LogP contribution < -0.4 is 0 Å². The minimum absolute atomic E-state index is 0.0139. The van der Waals surface area contributed by atoms with Crippen molar-refractivity contribution in [2.45, 2.75) is 0 Å². The molecule has 0 fully saturated rings. The molecule has 0 bridgehead atoms. The van der Waals surface area contributed by atoms with Crippen LogP contribution in [-0.4, -0.2) is 0 Å². The number of hydrogen-bond acceptors (Lipinski definition) is 1. The Labute approximate surface area is 105 Å². The maximum absolute atomic E-state index is 14.0. The largest absolute Gasteiger partial charge is 0.206 e. The molecule has 0 aliphatic heterocycles. The van der Waals surface area contributed by atoms with Gasteiger partial charge < -0.3 is 0 Å². The third kappa shape index (κ3) is 2.06. The average Bonchev–Trinajstić information content (AvgIpc) is 2.34. The predicted molar refractivity (Wildman–Crippen MR) is 64.2 cm³/mol. The summed E-state index contributed by atoms with van der Waals surface area (Å²) in [4.78, 5) is 0. The molecule has 0 unspecified atom stereocenters. The Kier molecular flexibility index (Phi) is 3.21. The van der Waals surface area contributed by atoms with Crippen LogP contribution in [0.5, 0.6) is 0 Å². The second-order valence-electron chi connectivity index (χ2n) is 3.38. The van der Waals surface area contributed by atoms with Crippen LogP contribution in [0.3, 0.4) is 0 Å². The zero-order valence-corrected chi connectivity index (χ0v) is 10.1. The van der Waals surface area contributed by atoms with Crippen molar-refractivity contribution in [1.29, 1.82) is 5.26 Å². The molecule has 1 nitrogen and oxygen atoms in total. The molecule has 0 atom stereocenters. The van der Waals surface area contributed by atoms with E-state index in [0.29, 0.717) is 0 Å². The quantitative estimate of drug-likeness (QED) is 0.770. The van der Waals surface area contributed by atoms with Crippen molar-refractivity contribution in [3.05, 3.63) is 58.1 Å². The highest BCUT2D eigenvalue weighted by molar-refractivity contribution is 9.10. The number of halogens is 3. The lowest BCUT2D eigenvalue weighted by Gasteiger charge is -2.08. The number of benzene rings is 2. The van der Waals surface area contributed by atoms with Crippen molar-refractivity contribution in [1.82, 2.24) is 0 Å². The van der Waals surface area contributed by atoms with Crippen LogP contribution in [0.2, 0.25) is 0 Å². The van der Waals surface area contributed by atoms with Crippen LogP contribution in [0.25, 0.3) is 11.1 Å². The van der Waals surface area contributed by atoms with Crippen molar-refractivity contribution in [2.24, 2.45) is 0 Å². The molecule has 0 radical (unpaired) electrons. The zero-order valence-electron chi connectivity index (χ0n) is 8.55. The van der Waals surface area contributed by atoms with Gasteiger partial charge in [0.2, 0.25) is 0 Å². The average molecular weight is 294 g/mol. The van der Waals surface area contributed by atoms with Crippen molar-refractivity contribution in [3.8, 4) is 17.2 Å². The van der Waals surface area contributed by atoms with E-state index in [9.17, 15) is 8.78 Å². The van der Waals surface area contributed by atoms with Gasteiger partial charge in [0.15, 0.2) is 0 Å². The minimum atomic E-state index is -0.630. The summed E-state index contributed by atoms with van der Waals surface area (Å²) in [5, 5.41) is 8.93. The topological polar surface area (TPSA) is 23.8 Å². The summed E-state index contributed by atoms with van der Waals surface area (Å²) < 4.78 is 27.8. The van der Waals surface area contributed by atoms with E-state index in [-0.39, 0.29) is 21.2 Å². The predicted octanol–water partition coefficient (Wildman–Crippen LogP) is 4.27. The van der Waals surface area contributed by atoms with Crippen LogP contribution in [-0.2, 0) is 0 Å². The summed E-state index contributed by atoms with van der Waals surface area (Å²) >= 11 is 3.02. The summed E-state index contributed by atoms with van der Waals surface area (Å²) in [6.07, 6.45) is 0. The van der Waals surface area contributed by atoms with Gasteiger partial charge in [-0.25, -0.2) is 8.78 Å². The summed E-state index contributed by atoms with van der Waals surface area (Å²) in [6.45, 7) is 0. The van der Waals surface area contributed by atoms with Gasteiger partial charge in [-0.2, -0.15) is 5.26 Å². The zero-order chi connectivity index (χ0) is 12.4. The Morgan fingerprint density at radius 2 is 1.76 bits per heavy atom. The maximum Gasteiger partial charge on any atom is 0.146 e. The third-order valence-electron chi connectivity index (χ3n) is 2.36. The van der Waals surface area contributed by atoms with E-state index in [1.54, 1.807) is 6.07 Å². The van der Waals surface area contributed by atoms with Crippen LogP contribution in [0, 0.1) is 23.0 Å². The number of nitriles is 1. The fourth-order valence-corrected chi connectivity index (χ4v) is 1.90. The van der Waals surface area contributed by atoms with Gasteiger partial charge in [0.05, 0.1) is 16.1 Å². The molecule has 0 aliphatic rings. The highest BCUT2D eigenvalue weighted by Crippen LogP contribution is 2.32. The Bertz CT molecular complexity index is 617. The second kappa shape index (κ2) is 4.64. The van der Waals surface area contributed by atoms with Gasteiger partial charge in [-0.3, -0.25) is 0 Å². The molecule has 0 saturated heterocycles. The summed E-state index contributed by atoms with van der Waals surface area (Å²) in [5.41, 5.74) is 0.179. The van der Waals surface area contributed by atoms with Gasteiger partial charge in [-0.15, -0.1) is 0 Å². The monoisotopic (exact) mass is 293 g/mol. The van der Waals surface area contributed by atoms with Crippen LogP contribution in [0.4, 0.5) is 8.78 Å². The lowest BCUT2D eigenvalue weighted by molar-refractivity contribution is 0.612. The molecule has 0 spiro atoms. The lowest BCUT2D eigenvalue weighted by atomic mass is 9.99. The van der Waals surface area contributed by atoms with E-state index in [1.165, 1.54) is 30.3 Å². The lowest BCUT2D eigenvalue weighted by Crippen LogP contribution is -1.93. The van der Waals surface area contributed by atoms with Crippen molar-refractivity contribution < 1.29 is 8.78 Å². The van der Waals surface area contributed by atoms with Crippen LogP contribution in [0.15, 0.2) is 40.9 Å². The van der Waals surface area contributed by atoms with Crippen molar-refractivity contribution in [2.75, 3.05) is 0 Å². The first-order valence-electron chi connectivity index (χ1n) is 4.78. The third-order valence-corrected chi connectivity index (χ3v) is 2.97. The van der Waals surface area contributed by atoms with Gasteiger partial charge in [-0.1, -0.05) is 18.2 Å². The first-order valence-corrected chi connectivity index (χ1v) is 5.57. The first kappa shape index (κ1) is 11.7. The smallest absolute Gasteiger partial charge is 0.146 e. The van der Waals surface area contributed by atoms with Gasteiger partial charge in [0.1, 0.15) is 11.6 Å². The fraction of sp³-hybridized carbons (Fsp3) is 0. The molecule has 84 valence electrons. The molecule has 2 rings (SSSR count). The van der Waals surface area contributed by atoms with Crippen LogP contribution >= 0.6 is 15.9 Å². The number of nitrogens with zero attached hydrogens (tertiary/aromatic N) is 1. The van der Waals surface area contributed by atoms with Crippen molar-refractivity contribution in [3.63, 3.8) is 0 Å². The molecule has 2 aromatic rings. The van der Waals surface area contributed by atoms with E-state index in [2.05, 4.69) is 15.9 Å². The second-order valence-corrected chi connectivity index (χ2v) is 4.23. The standard InChI is InChI=1S/C13H6BrF2N/c14-10-6-5-8(7-17)12(13(10)16)9-3-1-2-4-11(9)15/h1-6H. The molecule has 17 heavy (non-hydrogen) atoms. The van der Waals surface area contributed by atoms with Gasteiger partial charge in [0.25, 0.3) is 0 Å². The molecule has 4 heteroatoms. The van der Waals surface area contributed by atoms with E-state index in [4.69, 9.17) is 5.26 Å². The molecule has 0 heterocycles. The normalized spacial score (nSPS) is 10.0. The number of hydrogen-bond donors (Lipinski definition) is 0. The molecule has 0 amide bonds. The molecule has 0 saturated carbocycles. The van der Waals surface area contributed by atoms with E-state index < -0.39 is 11.6 Å². The summed E-state index contributed by atoms with van der Waals surface area (Å²) in [6, 6.07) is 10.5. The molecular weight excluding hydrogens is 288 g/mol. The van der Waals surface area contributed by atoms with Crippen molar-refractivity contribution >= 4 is 15.9 Å². The highest BCUT2D eigenvalue weighted by Gasteiger charge is 2.16. The Morgan fingerprint density at radius 1 is 1.06 bits per heavy atom. The Hall–Kier alpha value is -1.73. The summed E-state index contributed by atoms with van der Waals surface area (Å²) in [7, 11) is 0. The Balaban J connectivity index is 2.80. The first-order chi connectivity index (χ1) is 8.15.